The predicted octanol–water partition coefficient (Wildman–Crippen LogP) is 3.40. The number of rotatable bonds is 5. The second-order valence-electron chi connectivity index (χ2n) is 6.00. The number of tetrazole rings is 1. The van der Waals surface area contributed by atoms with Gasteiger partial charge in [-0.3, -0.25) is 4.79 Å². The van der Waals surface area contributed by atoms with Crippen LogP contribution in [0.3, 0.4) is 0 Å². The van der Waals surface area contributed by atoms with Crippen LogP contribution in [0, 0.1) is 20.8 Å². The number of anilines is 2. The predicted molar refractivity (Wildman–Crippen MR) is 105 cm³/mol. The summed E-state index contributed by atoms with van der Waals surface area (Å²) in [7, 11) is 0. The van der Waals surface area contributed by atoms with Crippen LogP contribution in [0.4, 0.5) is 11.4 Å². The van der Waals surface area contributed by atoms with Crippen LogP contribution in [-0.2, 0) is 4.79 Å². The Labute approximate surface area is 159 Å². The van der Waals surface area contributed by atoms with Crippen LogP contribution < -0.4 is 10.6 Å². The fourth-order valence-corrected chi connectivity index (χ4v) is 2.76. The molecule has 134 valence electrons. The second-order valence-corrected chi connectivity index (χ2v) is 6.86. The zero-order chi connectivity index (χ0) is 18.7. The van der Waals surface area contributed by atoms with Gasteiger partial charge < -0.3 is 10.6 Å². The van der Waals surface area contributed by atoms with E-state index in [-0.39, 0.29) is 12.5 Å². The third-order valence-corrected chi connectivity index (χ3v) is 4.85. The van der Waals surface area contributed by atoms with Gasteiger partial charge >= 0.3 is 0 Å². The van der Waals surface area contributed by atoms with E-state index >= 15 is 0 Å². The van der Waals surface area contributed by atoms with Crippen molar-refractivity contribution in [2.75, 3.05) is 17.2 Å². The molecule has 2 N–H and O–H groups in total. The lowest BCUT2D eigenvalue weighted by Gasteiger charge is -2.12. The molecule has 3 rings (SSSR count). The van der Waals surface area contributed by atoms with E-state index in [9.17, 15) is 4.79 Å². The van der Waals surface area contributed by atoms with Crippen molar-refractivity contribution in [1.82, 2.24) is 20.2 Å². The molecule has 1 aromatic heterocycles. The lowest BCUT2D eigenvalue weighted by atomic mass is 10.2. The molecule has 0 saturated heterocycles. The molecule has 0 spiro atoms. The van der Waals surface area contributed by atoms with Gasteiger partial charge in [-0.05, 0) is 72.7 Å². The third kappa shape index (κ3) is 4.08. The Morgan fingerprint density at radius 3 is 2.54 bits per heavy atom. The minimum atomic E-state index is -0.118. The molecule has 0 bridgehead atoms. The molecule has 0 fully saturated rings. The first-order valence-electron chi connectivity index (χ1n) is 8.10. The van der Waals surface area contributed by atoms with Gasteiger partial charge in [0.25, 0.3) is 0 Å². The summed E-state index contributed by atoms with van der Waals surface area (Å²) in [6, 6.07) is 11.5. The molecule has 0 aliphatic carbocycles. The normalized spacial score (nSPS) is 10.6. The maximum absolute atomic E-state index is 12.2. The second kappa shape index (κ2) is 7.65. The van der Waals surface area contributed by atoms with E-state index in [4.69, 9.17) is 0 Å². The Morgan fingerprint density at radius 1 is 1.08 bits per heavy atom. The molecule has 7 nitrogen and oxygen atoms in total. The van der Waals surface area contributed by atoms with Crippen molar-refractivity contribution in [3.8, 4) is 5.69 Å². The summed E-state index contributed by atoms with van der Waals surface area (Å²) in [6.07, 6.45) is 0. The smallest absolute Gasteiger partial charge is 0.243 e. The summed E-state index contributed by atoms with van der Waals surface area (Å²) in [5, 5.41) is 17.6. The topological polar surface area (TPSA) is 84.7 Å². The summed E-state index contributed by atoms with van der Waals surface area (Å²) >= 11 is 3.45. The quantitative estimate of drug-likeness (QED) is 0.667. The number of amides is 1. The van der Waals surface area contributed by atoms with Crippen molar-refractivity contribution in [3.05, 3.63) is 57.8 Å². The van der Waals surface area contributed by atoms with Gasteiger partial charge in [0.05, 0.1) is 12.2 Å². The number of nitrogens with one attached hydrogen (secondary N) is 2. The lowest BCUT2D eigenvalue weighted by Crippen LogP contribution is -2.21. The first-order chi connectivity index (χ1) is 12.4. The van der Waals surface area contributed by atoms with Crippen molar-refractivity contribution < 1.29 is 4.79 Å². The van der Waals surface area contributed by atoms with Crippen LogP contribution in [0.5, 0.6) is 0 Å². The molecule has 1 heterocycles. The molecule has 0 aliphatic rings. The highest BCUT2D eigenvalue weighted by Gasteiger charge is 2.09. The van der Waals surface area contributed by atoms with Crippen LogP contribution >= 0.6 is 15.9 Å². The number of carbonyl (C=O) groups is 1. The van der Waals surface area contributed by atoms with Crippen molar-refractivity contribution >= 4 is 33.2 Å². The van der Waals surface area contributed by atoms with Gasteiger partial charge in [0.2, 0.25) is 5.91 Å². The van der Waals surface area contributed by atoms with Gasteiger partial charge in [0.15, 0.2) is 5.82 Å². The Morgan fingerprint density at radius 2 is 1.85 bits per heavy atom. The number of benzene rings is 2. The molecule has 0 radical (unpaired) electrons. The average Bonchev–Trinajstić information content (AvgIpc) is 3.03. The van der Waals surface area contributed by atoms with Crippen molar-refractivity contribution in [2.45, 2.75) is 20.8 Å². The minimum absolute atomic E-state index is 0.118. The molecular weight excluding hydrogens is 396 g/mol. The van der Waals surface area contributed by atoms with Gasteiger partial charge in [-0.1, -0.05) is 22.0 Å². The molecule has 2 aromatic carbocycles. The van der Waals surface area contributed by atoms with E-state index in [1.807, 2.05) is 57.2 Å². The van der Waals surface area contributed by atoms with E-state index in [0.29, 0.717) is 5.82 Å². The number of carbonyl (C=O) groups excluding carboxylic acids is 1. The van der Waals surface area contributed by atoms with Crippen molar-refractivity contribution in [3.63, 3.8) is 0 Å². The summed E-state index contributed by atoms with van der Waals surface area (Å²) in [5.41, 5.74) is 4.58. The molecule has 0 aliphatic heterocycles. The number of aryl methyl sites for hydroxylation is 3. The first-order valence-corrected chi connectivity index (χ1v) is 8.89. The Hall–Kier alpha value is -2.74. The van der Waals surface area contributed by atoms with E-state index in [1.165, 1.54) is 0 Å². The highest BCUT2D eigenvalue weighted by molar-refractivity contribution is 9.10. The van der Waals surface area contributed by atoms with Gasteiger partial charge in [-0.15, -0.1) is 5.10 Å². The molecule has 3 aromatic rings. The summed E-state index contributed by atoms with van der Waals surface area (Å²) in [4.78, 5) is 12.2. The van der Waals surface area contributed by atoms with Gasteiger partial charge in [-0.25, -0.2) is 0 Å². The number of halogens is 1. The highest BCUT2D eigenvalue weighted by atomic mass is 79.9. The van der Waals surface area contributed by atoms with Gasteiger partial charge in [-0.2, -0.15) is 4.68 Å². The summed E-state index contributed by atoms with van der Waals surface area (Å²) in [5.74, 6) is 0.584. The summed E-state index contributed by atoms with van der Waals surface area (Å²) < 4.78 is 2.68. The van der Waals surface area contributed by atoms with Gasteiger partial charge in [0, 0.05) is 15.8 Å². The molecule has 8 heteroatoms. The van der Waals surface area contributed by atoms with Crippen LogP contribution in [0.25, 0.3) is 5.69 Å². The van der Waals surface area contributed by atoms with Crippen molar-refractivity contribution in [2.24, 2.45) is 0 Å². The first kappa shape index (κ1) is 18.1. The molecule has 0 unspecified atom stereocenters. The lowest BCUT2D eigenvalue weighted by molar-refractivity contribution is -0.114. The molecule has 0 saturated carbocycles. The van der Waals surface area contributed by atoms with Crippen molar-refractivity contribution in [1.29, 1.82) is 0 Å². The number of hydrogen-bond acceptors (Lipinski definition) is 5. The Kier molecular flexibility index (Phi) is 5.32. The largest absolute Gasteiger partial charge is 0.376 e. The monoisotopic (exact) mass is 414 g/mol. The van der Waals surface area contributed by atoms with Crippen LogP contribution in [0.1, 0.15) is 17.0 Å². The fraction of sp³-hybridized carbons (Fsp3) is 0.222. The standard InChI is InChI=1S/C18H19BrN6O/c1-11-4-5-14(9-17(11)25-13(3)22-23-24-25)20-10-18(26)21-15-6-7-16(19)12(2)8-15/h4-9,20H,10H2,1-3H3,(H,21,26). The minimum Gasteiger partial charge on any atom is -0.376 e. The van der Waals surface area contributed by atoms with E-state index in [1.54, 1.807) is 4.68 Å². The van der Waals surface area contributed by atoms with E-state index in [2.05, 4.69) is 42.1 Å². The molecular formula is C18H19BrN6O. The van der Waals surface area contributed by atoms with Crippen LogP contribution in [0.15, 0.2) is 40.9 Å². The van der Waals surface area contributed by atoms with Crippen LogP contribution in [-0.4, -0.2) is 32.7 Å². The Balaban J connectivity index is 1.67. The highest BCUT2D eigenvalue weighted by Crippen LogP contribution is 2.21. The molecule has 26 heavy (non-hydrogen) atoms. The Bertz CT molecular complexity index is 953. The van der Waals surface area contributed by atoms with Gasteiger partial charge in [0.1, 0.15) is 0 Å². The van der Waals surface area contributed by atoms with E-state index < -0.39 is 0 Å². The molecule has 0 atom stereocenters. The zero-order valence-corrected chi connectivity index (χ0v) is 16.3. The zero-order valence-electron chi connectivity index (χ0n) is 14.7. The number of hydrogen-bond donors (Lipinski definition) is 2. The summed E-state index contributed by atoms with van der Waals surface area (Å²) in [6.45, 7) is 5.97. The van der Waals surface area contributed by atoms with E-state index in [0.717, 1.165) is 32.7 Å². The molecule has 1 amide bonds. The number of aromatic nitrogens is 4. The van der Waals surface area contributed by atoms with Crippen LogP contribution in [0.2, 0.25) is 0 Å². The number of nitrogens with zero attached hydrogens (tertiary/aromatic N) is 4. The maximum atomic E-state index is 12.2. The third-order valence-electron chi connectivity index (χ3n) is 3.96. The SMILES string of the molecule is Cc1cc(NC(=O)CNc2ccc(C)c(-n3nnnc3C)c2)ccc1Br. The average molecular weight is 415 g/mol. The maximum Gasteiger partial charge on any atom is 0.243 e. The fourth-order valence-electron chi connectivity index (χ4n) is 2.51.